The van der Waals surface area contributed by atoms with Gasteiger partial charge in [0.2, 0.25) is 0 Å². The number of aryl methyl sites for hydroxylation is 1. The van der Waals surface area contributed by atoms with E-state index in [1.54, 1.807) is 13.0 Å². The summed E-state index contributed by atoms with van der Waals surface area (Å²) in [7, 11) is 0. The Labute approximate surface area is 89.8 Å². The monoisotopic (exact) mass is 210 g/mol. The summed E-state index contributed by atoms with van der Waals surface area (Å²) in [6, 6.07) is 1.83. The van der Waals surface area contributed by atoms with Crippen molar-refractivity contribution in [1.29, 1.82) is 0 Å². The standard InChI is InChI=1S/C11H18N2O2/c1-7(12)6-8(2)13-11(14)10-4-5-15-9(10)3/h4-5,7-8H,6,12H2,1-3H3,(H,13,14). The van der Waals surface area contributed by atoms with Crippen molar-refractivity contribution < 1.29 is 9.21 Å². The quantitative estimate of drug-likeness (QED) is 0.790. The number of hydrogen-bond donors (Lipinski definition) is 2. The predicted molar refractivity (Wildman–Crippen MR) is 58.6 cm³/mol. The summed E-state index contributed by atoms with van der Waals surface area (Å²) in [5, 5.41) is 2.88. The minimum absolute atomic E-state index is 0.0757. The minimum atomic E-state index is -0.102. The summed E-state index contributed by atoms with van der Waals surface area (Å²) in [5.41, 5.74) is 6.24. The third-order valence-corrected chi connectivity index (χ3v) is 2.21. The molecule has 0 saturated carbocycles. The number of rotatable bonds is 4. The highest BCUT2D eigenvalue weighted by Crippen LogP contribution is 2.09. The van der Waals surface area contributed by atoms with Crippen LogP contribution in [0.15, 0.2) is 16.7 Å². The fourth-order valence-electron chi connectivity index (χ4n) is 1.54. The third-order valence-electron chi connectivity index (χ3n) is 2.21. The number of carbonyl (C=O) groups is 1. The molecule has 0 saturated heterocycles. The van der Waals surface area contributed by atoms with E-state index in [0.717, 1.165) is 6.42 Å². The van der Waals surface area contributed by atoms with E-state index < -0.39 is 0 Å². The van der Waals surface area contributed by atoms with Gasteiger partial charge in [-0.1, -0.05) is 0 Å². The molecule has 4 nitrogen and oxygen atoms in total. The number of furan rings is 1. The molecule has 0 fully saturated rings. The van der Waals surface area contributed by atoms with Crippen molar-refractivity contribution >= 4 is 5.91 Å². The minimum Gasteiger partial charge on any atom is -0.469 e. The normalized spacial score (nSPS) is 14.7. The van der Waals surface area contributed by atoms with Gasteiger partial charge in [-0.25, -0.2) is 0 Å². The first kappa shape index (κ1) is 11.8. The molecule has 2 unspecified atom stereocenters. The summed E-state index contributed by atoms with van der Waals surface area (Å²) < 4.78 is 5.06. The van der Waals surface area contributed by atoms with Crippen molar-refractivity contribution in [2.75, 3.05) is 0 Å². The van der Waals surface area contributed by atoms with Crippen molar-refractivity contribution in [3.05, 3.63) is 23.7 Å². The molecule has 1 amide bonds. The van der Waals surface area contributed by atoms with E-state index in [1.807, 2.05) is 13.8 Å². The molecule has 3 N–H and O–H groups in total. The van der Waals surface area contributed by atoms with E-state index in [1.165, 1.54) is 6.26 Å². The van der Waals surface area contributed by atoms with E-state index in [9.17, 15) is 4.79 Å². The molecular formula is C11H18N2O2. The molecule has 1 aromatic rings. The van der Waals surface area contributed by atoms with Crippen molar-refractivity contribution in [2.24, 2.45) is 5.73 Å². The first-order valence-electron chi connectivity index (χ1n) is 5.11. The Morgan fingerprint density at radius 3 is 2.73 bits per heavy atom. The summed E-state index contributed by atoms with van der Waals surface area (Å²) in [5.74, 6) is 0.537. The summed E-state index contributed by atoms with van der Waals surface area (Å²) in [6.07, 6.45) is 2.28. The smallest absolute Gasteiger partial charge is 0.255 e. The molecule has 0 aromatic carbocycles. The Balaban J connectivity index is 2.53. The lowest BCUT2D eigenvalue weighted by Crippen LogP contribution is -2.36. The molecule has 84 valence electrons. The molecular weight excluding hydrogens is 192 g/mol. The third kappa shape index (κ3) is 3.40. The van der Waals surface area contributed by atoms with Crippen LogP contribution in [0.2, 0.25) is 0 Å². The second-order valence-electron chi connectivity index (χ2n) is 3.98. The molecule has 0 aliphatic carbocycles. The van der Waals surface area contributed by atoms with Gasteiger partial charge in [-0.15, -0.1) is 0 Å². The fraction of sp³-hybridized carbons (Fsp3) is 0.545. The second kappa shape index (κ2) is 4.98. The average Bonchev–Trinajstić information content (AvgIpc) is 2.49. The Kier molecular flexibility index (Phi) is 3.91. The molecule has 0 bridgehead atoms. The highest BCUT2D eigenvalue weighted by atomic mass is 16.3. The summed E-state index contributed by atoms with van der Waals surface area (Å²) in [4.78, 5) is 11.7. The Morgan fingerprint density at radius 1 is 1.60 bits per heavy atom. The lowest BCUT2D eigenvalue weighted by Gasteiger charge is -2.15. The van der Waals surface area contributed by atoms with E-state index in [4.69, 9.17) is 10.2 Å². The van der Waals surface area contributed by atoms with Gasteiger partial charge in [0.05, 0.1) is 11.8 Å². The topological polar surface area (TPSA) is 68.3 Å². The molecule has 1 heterocycles. The number of hydrogen-bond acceptors (Lipinski definition) is 3. The SMILES string of the molecule is Cc1occc1C(=O)NC(C)CC(C)N. The number of nitrogens with two attached hydrogens (primary N) is 1. The predicted octanol–water partition coefficient (Wildman–Crippen LogP) is 1.44. The molecule has 0 aliphatic rings. The second-order valence-corrected chi connectivity index (χ2v) is 3.98. The molecule has 0 spiro atoms. The van der Waals surface area contributed by atoms with Crippen molar-refractivity contribution in [3.63, 3.8) is 0 Å². The van der Waals surface area contributed by atoms with Crippen LogP contribution >= 0.6 is 0 Å². The Morgan fingerprint density at radius 2 is 2.27 bits per heavy atom. The van der Waals surface area contributed by atoms with Crippen molar-refractivity contribution in [3.8, 4) is 0 Å². The van der Waals surface area contributed by atoms with Gasteiger partial charge in [0.15, 0.2) is 0 Å². The van der Waals surface area contributed by atoms with E-state index in [0.29, 0.717) is 11.3 Å². The highest BCUT2D eigenvalue weighted by Gasteiger charge is 2.14. The molecule has 1 rings (SSSR count). The van der Waals surface area contributed by atoms with Crippen LogP contribution in [0, 0.1) is 6.92 Å². The average molecular weight is 210 g/mol. The van der Waals surface area contributed by atoms with Crippen LogP contribution in [-0.2, 0) is 0 Å². The van der Waals surface area contributed by atoms with Crippen LogP contribution in [0.25, 0.3) is 0 Å². The molecule has 4 heteroatoms. The van der Waals surface area contributed by atoms with Gasteiger partial charge < -0.3 is 15.5 Å². The van der Waals surface area contributed by atoms with Gasteiger partial charge in [-0.05, 0) is 33.3 Å². The van der Waals surface area contributed by atoms with Crippen LogP contribution in [0.5, 0.6) is 0 Å². The molecule has 1 aromatic heterocycles. The van der Waals surface area contributed by atoms with Crippen LogP contribution in [-0.4, -0.2) is 18.0 Å². The fourth-order valence-corrected chi connectivity index (χ4v) is 1.54. The number of amides is 1. The van der Waals surface area contributed by atoms with Crippen LogP contribution in [0.1, 0.15) is 36.4 Å². The summed E-state index contributed by atoms with van der Waals surface area (Å²) >= 11 is 0. The van der Waals surface area contributed by atoms with Gasteiger partial charge in [-0.3, -0.25) is 4.79 Å². The van der Waals surface area contributed by atoms with E-state index >= 15 is 0 Å². The number of nitrogens with one attached hydrogen (secondary N) is 1. The van der Waals surface area contributed by atoms with Crippen LogP contribution in [0.3, 0.4) is 0 Å². The van der Waals surface area contributed by atoms with Gasteiger partial charge in [0.25, 0.3) is 5.91 Å². The van der Waals surface area contributed by atoms with Gasteiger partial charge >= 0.3 is 0 Å². The van der Waals surface area contributed by atoms with Crippen molar-refractivity contribution in [1.82, 2.24) is 5.32 Å². The van der Waals surface area contributed by atoms with Crippen LogP contribution < -0.4 is 11.1 Å². The molecule has 0 aliphatic heterocycles. The van der Waals surface area contributed by atoms with E-state index in [2.05, 4.69) is 5.32 Å². The Bertz CT molecular complexity index is 331. The maximum absolute atomic E-state index is 11.7. The highest BCUT2D eigenvalue weighted by molar-refractivity contribution is 5.95. The van der Waals surface area contributed by atoms with Crippen LogP contribution in [0.4, 0.5) is 0 Å². The number of carbonyl (C=O) groups excluding carboxylic acids is 1. The van der Waals surface area contributed by atoms with Gasteiger partial charge in [0.1, 0.15) is 5.76 Å². The van der Waals surface area contributed by atoms with Gasteiger partial charge in [0, 0.05) is 12.1 Å². The first-order chi connectivity index (χ1) is 7.00. The first-order valence-corrected chi connectivity index (χ1v) is 5.11. The van der Waals surface area contributed by atoms with Crippen molar-refractivity contribution in [2.45, 2.75) is 39.3 Å². The zero-order valence-electron chi connectivity index (χ0n) is 9.41. The summed E-state index contributed by atoms with van der Waals surface area (Å²) in [6.45, 7) is 5.63. The lowest BCUT2D eigenvalue weighted by molar-refractivity contribution is 0.0936. The molecule has 15 heavy (non-hydrogen) atoms. The maximum Gasteiger partial charge on any atom is 0.255 e. The Hall–Kier alpha value is -1.29. The molecule has 2 atom stereocenters. The van der Waals surface area contributed by atoms with Gasteiger partial charge in [-0.2, -0.15) is 0 Å². The zero-order valence-corrected chi connectivity index (χ0v) is 9.41. The van der Waals surface area contributed by atoms with E-state index in [-0.39, 0.29) is 18.0 Å². The largest absolute Gasteiger partial charge is 0.469 e. The molecule has 0 radical (unpaired) electrons. The zero-order chi connectivity index (χ0) is 11.4. The maximum atomic E-state index is 11.7. The lowest BCUT2D eigenvalue weighted by atomic mass is 10.1.